The predicted molar refractivity (Wildman–Crippen MR) is 82.0 cm³/mol. The number of halogens is 2. The van der Waals surface area contributed by atoms with E-state index in [4.69, 9.17) is 0 Å². The van der Waals surface area contributed by atoms with Gasteiger partial charge in [0.2, 0.25) is 0 Å². The molecule has 22 heavy (non-hydrogen) atoms. The van der Waals surface area contributed by atoms with Gasteiger partial charge in [-0.2, -0.15) is 0 Å². The van der Waals surface area contributed by atoms with Crippen LogP contribution >= 0.6 is 27.3 Å². The molecule has 9 heteroatoms. The second-order valence-corrected chi connectivity index (χ2v) is 8.09. The number of alkyl halides is 1. The van der Waals surface area contributed by atoms with Crippen LogP contribution < -0.4 is 5.56 Å². The number of thiophene rings is 1. The van der Waals surface area contributed by atoms with Crippen LogP contribution in [-0.4, -0.2) is 38.3 Å². The van der Waals surface area contributed by atoms with Gasteiger partial charge in [0.25, 0.3) is 5.56 Å². The van der Waals surface area contributed by atoms with Crippen molar-refractivity contribution in [2.24, 2.45) is 5.92 Å². The number of rotatable bonds is 1. The minimum Gasteiger partial charge on any atom is -0.465 e. The van der Waals surface area contributed by atoms with Gasteiger partial charge in [0.15, 0.2) is 0 Å². The van der Waals surface area contributed by atoms with Crippen molar-refractivity contribution in [2.45, 2.75) is 31.1 Å². The smallest absolute Gasteiger partial charge is 0.408 e. The molecule has 0 spiro atoms. The van der Waals surface area contributed by atoms with Crippen molar-refractivity contribution in [2.75, 3.05) is 0 Å². The lowest BCUT2D eigenvalue weighted by atomic mass is 9.96. The number of nitrogens with one attached hydrogen (secondary N) is 1. The molecule has 1 saturated heterocycles. The van der Waals surface area contributed by atoms with Crippen LogP contribution in [0.25, 0.3) is 10.2 Å². The third-order valence-corrected chi connectivity index (χ3v) is 6.10. The van der Waals surface area contributed by atoms with Gasteiger partial charge < -0.3 is 10.1 Å². The third-order valence-electron chi connectivity index (χ3n) is 4.48. The molecule has 1 unspecified atom stereocenters. The lowest BCUT2D eigenvalue weighted by Crippen LogP contribution is -2.43. The zero-order chi connectivity index (χ0) is 15.6. The zero-order valence-electron chi connectivity index (χ0n) is 11.1. The summed E-state index contributed by atoms with van der Waals surface area (Å²) < 4.78 is 15.3. The van der Waals surface area contributed by atoms with E-state index in [2.05, 4.69) is 25.9 Å². The van der Waals surface area contributed by atoms with Crippen LogP contribution in [0.15, 0.2) is 14.6 Å². The van der Waals surface area contributed by atoms with Crippen LogP contribution in [0, 0.1) is 5.92 Å². The first-order valence-corrected chi connectivity index (χ1v) is 8.41. The van der Waals surface area contributed by atoms with Gasteiger partial charge in [0.1, 0.15) is 16.7 Å². The number of carboxylic acid groups (broad SMARTS) is 1. The number of hydrogen-bond donors (Lipinski definition) is 2. The van der Waals surface area contributed by atoms with E-state index in [0.29, 0.717) is 16.6 Å². The van der Waals surface area contributed by atoms with E-state index in [1.54, 1.807) is 6.07 Å². The maximum Gasteiger partial charge on any atom is 0.408 e. The van der Waals surface area contributed by atoms with Crippen LogP contribution in [0.5, 0.6) is 0 Å². The maximum atomic E-state index is 14.1. The van der Waals surface area contributed by atoms with Crippen LogP contribution in [0.4, 0.5) is 9.18 Å². The van der Waals surface area contributed by atoms with Crippen molar-refractivity contribution >= 4 is 43.6 Å². The maximum absolute atomic E-state index is 14.1. The summed E-state index contributed by atoms with van der Waals surface area (Å²) in [5, 5.41) is 9.42. The minimum absolute atomic E-state index is 0.226. The molecule has 116 valence electrons. The van der Waals surface area contributed by atoms with E-state index >= 15 is 0 Å². The number of fused-ring (bicyclic) bond motifs is 3. The van der Waals surface area contributed by atoms with Gasteiger partial charge in [-0.1, -0.05) is 0 Å². The van der Waals surface area contributed by atoms with Gasteiger partial charge in [-0.25, -0.2) is 14.2 Å². The summed E-state index contributed by atoms with van der Waals surface area (Å²) in [5.41, 5.74) is 0.179. The Morgan fingerprint density at radius 2 is 2.32 bits per heavy atom. The van der Waals surface area contributed by atoms with Crippen molar-refractivity contribution < 1.29 is 14.3 Å². The quantitative estimate of drug-likeness (QED) is 0.787. The molecule has 1 saturated carbocycles. The predicted octanol–water partition coefficient (Wildman–Crippen LogP) is 2.90. The molecule has 3 heterocycles. The summed E-state index contributed by atoms with van der Waals surface area (Å²) in [4.78, 5) is 31.9. The first-order valence-electron chi connectivity index (χ1n) is 6.80. The minimum atomic E-state index is -1.10. The van der Waals surface area contributed by atoms with Gasteiger partial charge in [0, 0.05) is 12.0 Å². The lowest BCUT2D eigenvalue weighted by Gasteiger charge is -2.33. The summed E-state index contributed by atoms with van der Waals surface area (Å²) in [6.07, 6.45) is -1.45. The average Bonchev–Trinajstić information content (AvgIpc) is 3.08. The summed E-state index contributed by atoms with van der Waals surface area (Å²) in [5.74, 6) is -0.205. The Kier molecular flexibility index (Phi) is 3.06. The fraction of sp³-hybridized carbons (Fsp3) is 0.462. The number of H-pyrrole nitrogens is 1. The lowest BCUT2D eigenvalue weighted by molar-refractivity contribution is 0.0691. The Hall–Kier alpha value is -1.48. The number of likely N-dealkylation sites (tertiary alicyclic amines) is 1. The van der Waals surface area contributed by atoms with E-state index in [0.717, 1.165) is 3.79 Å². The van der Waals surface area contributed by atoms with Crippen molar-refractivity contribution in [1.29, 1.82) is 0 Å². The molecule has 2 aromatic heterocycles. The molecular formula is C13H11BrFN3O3S. The number of nitrogens with zero attached hydrogens (tertiary/aromatic N) is 2. The normalized spacial score (nSPS) is 30.4. The molecule has 2 N–H and O–H groups in total. The van der Waals surface area contributed by atoms with E-state index in [-0.39, 0.29) is 23.8 Å². The topological polar surface area (TPSA) is 86.3 Å². The van der Waals surface area contributed by atoms with E-state index in [1.807, 2.05) is 0 Å². The van der Waals surface area contributed by atoms with Gasteiger partial charge in [0.05, 0.1) is 15.3 Å². The molecule has 1 aliphatic carbocycles. The molecule has 2 aromatic rings. The highest BCUT2D eigenvalue weighted by Gasteiger charge is 2.55. The molecule has 4 rings (SSSR count). The summed E-state index contributed by atoms with van der Waals surface area (Å²) in [6, 6.07) is 0.656. The van der Waals surface area contributed by atoms with Crippen LogP contribution in [0.1, 0.15) is 24.7 Å². The Labute approximate surface area is 136 Å². The molecule has 0 aromatic carbocycles. The van der Waals surface area contributed by atoms with Crippen molar-refractivity contribution in [3.63, 3.8) is 0 Å². The number of aromatic nitrogens is 2. The van der Waals surface area contributed by atoms with E-state index in [9.17, 15) is 19.1 Å². The molecule has 4 atom stereocenters. The summed E-state index contributed by atoms with van der Waals surface area (Å²) in [6.45, 7) is 0. The largest absolute Gasteiger partial charge is 0.465 e. The Morgan fingerprint density at radius 1 is 1.55 bits per heavy atom. The van der Waals surface area contributed by atoms with Gasteiger partial charge in [-0.15, -0.1) is 11.3 Å². The SMILES string of the molecule is O=C(O)N1C2C[C@H]([C@H](F)C2)[C@H]1c1nc2cc(Br)sc2c(=O)[nH]1. The fourth-order valence-electron chi connectivity index (χ4n) is 3.66. The molecule has 2 fully saturated rings. The number of piperidine rings is 1. The molecule has 2 aliphatic rings. The van der Waals surface area contributed by atoms with Crippen molar-refractivity contribution in [1.82, 2.24) is 14.9 Å². The highest BCUT2D eigenvalue weighted by molar-refractivity contribution is 9.11. The zero-order valence-corrected chi connectivity index (χ0v) is 13.5. The van der Waals surface area contributed by atoms with Gasteiger partial charge >= 0.3 is 6.09 Å². The first-order chi connectivity index (χ1) is 10.5. The highest BCUT2D eigenvalue weighted by atomic mass is 79.9. The number of amides is 1. The second-order valence-electron chi connectivity index (χ2n) is 5.66. The molecular weight excluding hydrogens is 377 g/mol. The first kappa shape index (κ1) is 14.1. The van der Waals surface area contributed by atoms with Crippen LogP contribution in [-0.2, 0) is 0 Å². The molecule has 6 nitrogen and oxygen atoms in total. The number of hydrogen-bond acceptors (Lipinski definition) is 4. The third kappa shape index (κ3) is 1.91. The van der Waals surface area contributed by atoms with Crippen LogP contribution in [0.3, 0.4) is 0 Å². The molecule has 1 aliphatic heterocycles. The summed E-state index contributed by atoms with van der Waals surface area (Å²) in [7, 11) is 0. The van der Waals surface area contributed by atoms with Crippen molar-refractivity contribution in [3.05, 3.63) is 26.0 Å². The van der Waals surface area contributed by atoms with Crippen LogP contribution in [0.2, 0.25) is 0 Å². The standard InChI is InChI=1S/C13H11BrFN3O3S/c14-8-3-7-10(22-8)12(19)17-11(16-7)9-5-1-4(2-6(5)15)18(9)13(20)21/h3-6,9H,1-2H2,(H,20,21)(H,16,17,19)/t4?,5-,6-,9+/m1/s1. The molecule has 1 amide bonds. The molecule has 2 bridgehead atoms. The molecule has 0 radical (unpaired) electrons. The Morgan fingerprint density at radius 3 is 3.05 bits per heavy atom. The fourth-order valence-corrected chi connectivity index (χ4v) is 5.08. The van der Waals surface area contributed by atoms with E-state index < -0.39 is 24.2 Å². The Balaban J connectivity index is 1.86. The monoisotopic (exact) mass is 387 g/mol. The number of aromatic amines is 1. The van der Waals surface area contributed by atoms with Gasteiger partial charge in [-0.05, 0) is 34.8 Å². The van der Waals surface area contributed by atoms with Crippen molar-refractivity contribution in [3.8, 4) is 0 Å². The average molecular weight is 388 g/mol. The highest BCUT2D eigenvalue weighted by Crippen LogP contribution is 2.50. The second kappa shape index (κ2) is 4.76. The number of carbonyl (C=O) groups is 1. The van der Waals surface area contributed by atoms with Gasteiger partial charge in [-0.3, -0.25) is 9.69 Å². The van der Waals surface area contributed by atoms with E-state index in [1.165, 1.54) is 16.2 Å². The summed E-state index contributed by atoms with van der Waals surface area (Å²) >= 11 is 4.56. The Bertz CT molecular complexity index is 838.